The van der Waals surface area contributed by atoms with E-state index in [0.717, 1.165) is 37.7 Å². The molecule has 1 aromatic carbocycles. The molecule has 1 unspecified atom stereocenters. The summed E-state index contributed by atoms with van der Waals surface area (Å²) in [4.78, 5) is 11.6. The number of hydrogen-bond donors (Lipinski definition) is 0. The third-order valence-electron chi connectivity index (χ3n) is 4.28. The summed E-state index contributed by atoms with van der Waals surface area (Å²) < 4.78 is 33.1. The topological polar surface area (TPSA) is 26.3 Å². The summed E-state index contributed by atoms with van der Waals surface area (Å²) in [6.45, 7) is 0.298. The Hall–Kier alpha value is -1.45. The smallest absolute Gasteiger partial charge is 0.165 e. The number of aldehydes is 1. The number of fused-ring (bicyclic) bond motifs is 3. The molecule has 0 saturated heterocycles. The first-order valence-corrected chi connectivity index (χ1v) is 6.26. The Kier molecular flexibility index (Phi) is 2.61. The van der Waals surface area contributed by atoms with Crippen LogP contribution in [0.15, 0.2) is 12.1 Å². The molecule has 0 spiro atoms. The Morgan fingerprint density at radius 2 is 2.06 bits per heavy atom. The van der Waals surface area contributed by atoms with Gasteiger partial charge in [-0.1, -0.05) is 12.8 Å². The van der Waals surface area contributed by atoms with Crippen molar-refractivity contribution in [2.24, 2.45) is 5.92 Å². The molecular weight excluding hydrogens is 238 g/mol. The fourth-order valence-corrected chi connectivity index (χ4v) is 3.34. The van der Waals surface area contributed by atoms with Crippen molar-refractivity contribution in [1.82, 2.24) is 0 Å². The molecule has 1 heterocycles. The van der Waals surface area contributed by atoms with E-state index >= 15 is 0 Å². The lowest BCUT2D eigenvalue weighted by Crippen LogP contribution is -2.46. The van der Waals surface area contributed by atoms with Gasteiger partial charge in [0.15, 0.2) is 11.6 Å². The van der Waals surface area contributed by atoms with Gasteiger partial charge in [0.05, 0.1) is 12.0 Å². The minimum atomic E-state index is -0.891. The number of carbonyl (C=O) groups excluding carboxylic acids is 1. The van der Waals surface area contributed by atoms with E-state index in [1.807, 2.05) is 0 Å². The summed E-state index contributed by atoms with van der Waals surface area (Å²) in [5, 5.41) is 0. The van der Waals surface area contributed by atoms with E-state index in [0.29, 0.717) is 13.0 Å². The molecule has 0 N–H and O–H groups in total. The molecule has 2 atom stereocenters. The number of ether oxygens (including phenoxy) is 1. The molecule has 2 aliphatic rings. The van der Waals surface area contributed by atoms with Gasteiger partial charge in [-0.25, -0.2) is 8.78 Å². The average molecular weight is 252 g/mol. The Labute approximate surface area is 104 Å². The summed E-state index contributed by atoms with van der Waals surface area (Å²) in [6, 6.07) is 2.13. The maximum absolute atomic E-state index is 14.0. The van der Waals surface area contributed by atoms with Gasteiger partial charge in [-0.3, -0.25) is 0 Å². The third-order valence-corrected chi connectivity index (χ3v) is 4.28. The molecule has 1 aliphatic heterocycles. The average Bonchev–Trinajstić information content (AvgIpc) is 2.42. The van der Waals surface area contributed by atoms with Gasteiger partial charge in [0, 0.05) is 11.5 Å². The van der Waals surface area contributed by atoms with E-state index in [9.17, 15) is 13.6 Å². The molecule has 18 heavy (non-hydrogen) atoms. The summed E-state index contributed by atoms with van der Waals surface area (Å²) in [7, 11) is 0. The van der Waals surface area contributed by atoms with Gasteiger partial charge in [-0.05, 0) is 25.0 Å². The van der Waals surface area contributed by atoms with Crippen LogP contribution in [0.4, 0.5) is 8.78 Å². The first-order valence-electron chi connectivity index (χ1n) is 6.26. The highest BCUT2D eigenvalue weighted by atomic mass is 19.1. The molecule has 0 radical (unpaired) electrons. The molecule has 1 aromatic rings. The molecule has 0 amide bonds. The first kappa shape index (κ1) is 11.6. The van der Waals surface area contributed by atoms with Crippen molar-refractivity contribution in [1.29, 1.82) is 0 Å². The van der Waals surface area contributed by atoms with Crippen LogP contribution in [0.25, 0.3) is 0 Å². The van der Waals surface area contributed by atoms with Gasteiger partial charge >= 0.3 is 0 Å². The molecule has 1 aliphatic carbocycles. The van der Waals surface area contributed by atoms with E-state index in [2.05, 4.69) is 0 Å². The zero-order valence-corrected chi connectivity index (χ0v) is 9.92. The molecule has 2 nitrogen and oxygen atoms in total. The quantitative estimate of drug-likeness (QED) is 0.718. The molecular formula is C14H14F2O2. The highest BCUT2D eigenvalue weighted by Gasteiger charge is 2.49. The van der Waals surface area contributed by atoms with Crippen LogP contribution in [0.5, 0.6) is 5.75 Å². The van der Waals surface area contributed by atoms with E-state index in [1.165, 1.54) is 0 Å². The first-order chi connectivity index (χ1) is 8.69. The highest BCUT2D eigenvalue weighted by molar-refractivity contribution is 5.72. The number of halogens is 2. The molecule has 1 fully saturated rings. The van der Waals surface area contributed by atoms with E-state index in [1.54, 1.807) is 0 Å². The Morgan fingerprint density at radius 1 is 1.28 bits per heavy atom. The van der Waals surface area contributed by atoms with Crippen molar-refractivity contribution in [3.63, 3.8) is 0 Å². The lowest BCUT2D eigenvalue weighted by atomic mass is 9.62. The molecule has 0 bridgehead atoms. The van der Waals surface area contributed by atoms with Crippen LogP contribution in [-0.4, -0.2) is 12.9 Å². The fraction of sp³-hybridized carbons (Fsp3) is 0.500. The van der Waals surface area contributed by atoms with Crippen molar-refractivity contribution in [3.05, 3.63) is 29.3 Å². The van der Waals surface area contributed by atoms with Crippen LogP contribution in [0.1, 0.15) is 31.2 Å². The van der Waals surface area contributed by atoms with Crippen LogP contribution in [0.2, 0.25) is 0 Å². The Bertz CT molecular complexity index is 501. The van der Waals surface area contributed by atoms with Crippen molar-refractivity contribution in [2.75, 3.05) is 6.61 Å². The van der Waals surface area contributed by atoms with Crippen molar-refractivity contribution in [3.8, 4) is 5.75 Å². The zero-order chi connectivity index (χ0) is 12.8. The van der Waals surface area contributed by atoms with Gasteiger partial charge in [-0.15, -0.1) is 0 Å². The minimum absolute atomic E-state index is 0.0347. The Balaban J connectivity index is 2.24. The van der Waals surface area contributed by atoms with E-state index in [-0.39, 0.29) is 17.2 Å². The molecule has 4 heteroatoms. The summed E-state index contributed by atoms with van der Waals surface area (Å²) >= 11 is 0. The molecule has 3 rings (SSSR count). The third kappa shape index (κ3) is 1.41. The summed E-state index contributed by atoms with van der Waals surface area (Å²) in [5.41, 5.74) is -0.758. The summed E-state index contributed by atoms with van der Waals surface area (Å²) in [6.07, 6.45) is 4.09. The van der Waals surface area contributed by atoms with E-state index < -0.39 is 17.0 Å². The van der Waals surface area contributed by atoms with Crippen molar-refractivity contribution >= 4 is 6.29 Å². The van der Waals surface area contributed by atoms with Gasteiger partial charge in [0.25, 0.3) is 0 Å². The van der Waals surface area contributed by atoms with Crippen LogP contribution in [0, 0.1) is 17.6 Å². The van der Waals surface area contributed by atoms with Gasteiger partial charge in [-0.2, -0.15) is 0 Å². The van der Waals surface area contributed by atoms with Crippen LogP contribution < -0.4 is 4.74 Å². The summed E-state index contributed by atoms with van der Waals surface area (Å²) in [5.74, 6) is -1.23. The van der Waals surface area contributed by atoms with Crippen LogP contribution in [0.3, 0.4) is 0 Å². The second kappa shape index (κ2) is 4.04. The second-order valence-corrected chi connectivity index (χ2v) is 5.15. The van der Waals surface area contributed by atoms with Crippen LogP contribution >= 0.6 is 0 Å². The second-order valence-electron chi connectivity index (χ2n) is 5.15. The largest absolute Gasteiger partial charge is 0.490 e. The minimum Gasteiger partial charge on any atom is -0.490 e. The number of carbonyl (C=O) groups is 1. The monoisotopic (exact) mass is 252 g/mol. The predicted octanol–water partition coefficient (Wildman–Crippen LogP) is 2.98. The number of benzene rings is 1. The maximum atomic E-state index is 14.0. The number of hydrogen-bond acceptors (Lipinski definition) is 2. The maximum Gasteiger partial charge on any atom is 0.165 e. The van der Waals surface area contributed by atoms with Crippen molar-refractivity contribution in [2.45, 2.75) is 31.1 Å². The molecule has 0 aromatic heterocycles. The molecule has 1 saturated carbocycles. The van der Waals surface area contributed by atoms with Crippen LogP contribution in [-0.2, 0) is 10.2 Å². The van der Waals surface area contributed by atoms with Crippen molar-refractivity contribution < 1.29 is 18.3 Å². The lowest BCUT2D eigenvalue weighted by Gasteiger charge is -2.44. The lowest BCUT2D eigenvalue weighted by molar-refractivity contribution is -0.117. The standard InChI is InChI=1S/C14H14F2O2/c15-10-4-5-11(16)13-12(10)14(8-17)6-2-1-3-9(14)7-18-13/h4-5,8-9H,1-3,6-7H2/t9-,14?/m1/s1. The van der Waals surface area contributed by atoms with Gasteiger partial charge < -0.3 is 9.53 Å². The van der Waals surface area contributed by atoms with Gasteiger partial charge in [0.2, 0.25) is 0 Å². The SMILES string of the molecule is O=CC12CCCC[C@@H]1COc1c(F)ccc(F)c12. The Morgan fingerprint density at radius 3 is 2.83 bits per heavy atom. The fourth-order valence-electron chi connectivity index (χ4n) is 3.34. The zero-order valence-electron chi connectivity index (χ0n) is 9.92. The normalized spacial score (nSPS) is 30.0. The van der Waals surface area contributed by atoms with Gasteiger partial charge in [0.1, 0.15) is 12.1 Å². The predicted molar refractivity (Wildman–Crippen MR) is 61.6 cm³/mol. The highest BCUT2D eigenvalue weighted by Crippen LogP contribution is 2.50. The van der Waals surface area contributed by atoms with E-state index in [4.69, 9.17) is 4.74 Å². The number of rotatable bonds is 1. The molecule has 96 valence electrons.